The van der Waals surface area contributed by atoms with E-state index in [1.165, 1.54) is 32.2 Å². The molecule has 1 rings (SSSR count). The van der Waals surface area contributed by atoms with Crippen molar-refractivity contribution >= 4 is 15.9 Å². The number of nitrogens with one attached hydrogen (secondary N) is 2. The van der Waals surface area contributed by atoms with E-state index in [4.69, 9.17) is 5.26 Å². The number of hydrogen-bond acceptors (Lipinski definition) is 4. The van der Waals surface area contributed by atoms with Crippen LogP contribution >= 0.6 is 0 Å². The van der Waals surface area contributed by atoms with Gasteiger partial charge >= 0.3 is 0 Å². The molecular weight excluding hydrogens is 254 g/mol. The average Bonchev–Trinajstić information content (AvgIpc) is 2.37. The highest BCUT2D eigenvalue weighted by atomic mass is 32.2. The highest BCUT2D eigenvalue weighted by Crippen LogP contribution is 2.14. The molecule has 0 spiro atoms. The van der Waals surface area contributed by atoms with Crippen molar-refractivity contribution in [3.8, 4) is 6.07 Å². The Kier molecular flexibility index (Phi) is 4.42. The second kappa shape index (κ2) is 5.62. The number of benzene rings is 1. The van der Waals surface area contributed by atoms with E-state index in [9.17, 15) is 13.2 Å². The van der Waals surface area contributed by atoms with Gasteiger partial charge in [0.25, 0.3) is 0 Å². The fourth-order valence-corrected chi connectivity index (χ4v) is 2.72. The Morgan fingerprint density at radius 1 is 1.39 bits per heavy atom. The molecule has 0 fully saturated rings. The van der Waals surface area contributed by atoms with Crippen molar-refractivity contribution in [2.45, 2.75) is 17.9 Å². The molecule has 0 aromatic heterocycles. The molecule has 1 atom stereocenters. The molecule has 1 aromatic carbocycles. The van der Waals surface area contributed by atoms with Crippen LogP contribution in [-0.4, -0.2) is 27.4 Å². The van der Waals surface area contributed by atoms with Gasteiger partial charge < -0.3 is 5.32 Å². The summed E-state index contributed by atoms with van der Waals surface area (Å²) in [6.45, 7) is 1.42. The minimum absolute atomic E-state index is 0.0362. The number of likely N-dealkylation sites (N-methyl/N-ethyl adjacent to an activating group) is 1. The molecule has 18 heavy (non-hydrogen) atoms. The highest BCUT2D eigenvalue weighted by Gasteiger charge is 2.23. The lowest BCUT2D eigenvalue weighted by molar-refractivity contribution is -0.121. The van der Waals surface area contributed by atoms with Crippen LogP contribution in [-0.2, 0) is 14.8 Å². The summed E-state index contributed by atoms with van der Waals surface area (Å²) in [4.78, 5) is 11.1. The summed E-state index contributed by atoms with van der Waals surface area (Å²) in [5, 5.41) is 11.2. The van der Waals surface area contributed by atoms with E-state index < -0.39 is 22.0 Å². The monoisotopic (exact) mass is 267 g/mol. The van der Waals surface area contributed by atoms with Gasteiger partial charge in [-0.05, 0) is 19.1 Å². The number of hydrogen-bond donors (Lipinski definition) is 2. The topological polar surface area (TPSA) is 99.1 Å². The van der Waals surface area contributed by atoms with Crippen molar-refractivity contribution in [1.82, 2.24) is 10.0 Å². The third-order valence-corrected chi connectivity index (χ3v) is 3.87. The third-order valence-electron chi connectivity index (χ3n) is 2.27. The van der Waals surface area contributed by atoms with Crippen LogP contribution in [0.5, 0.6) is 0 Å². The van der Waals surface area contributed by atoms with Gasteiger partial charge in [-0.2, -0.15) is 9.98 Å². The number of rotatable bonds is 4. The summed E-state index contributed by atoms with van der Waals surface area (Å²) in [5.74, 6) is -0.451. The van der Waals surface area contributed by atoms with Crippen molar-refractivity contribution in [1.29, 1.82) is 5.26 Å². The maximum Gasteiger partial charge on any atom is 0.242 e. The van der Waals surface area contributed by atoms with Crippen LogP contribution in [0.25, 0.3) is 0 Å². The molecule has 0 aliphatic carbocycles. The zero-order chi connectivity index (χ0) is 13.8. The van der Waals surface area contributed by atoms with Crippen molar-refractivity contribution in [2.24, 2.45) is 0 Å². The number of carbonyl (C=O) groups is 1. The lowest BCUT2D eigenvalue weighted by Gasteiger charge is -2.13. The fraction of sp³-hybridized carbons (Fsp3) is 0.273. The van der Waals surface area contributed by atoms with Gasteiger partial charge in [0.15, 0.2) is 0 Å². The lowest BCUT2D eigenvalue weighted by Crippen LogP contribution is -2.43. The average molecular weight is 267 g/mol. The first kappa shape index (κ1) is 14.2. The van der Waals surface area contributed by atoms with Gasteiger partial charge in [0.05, 0.1) is 16.5 Å². The van der Waals surface area contributed by atoms with E-state index in [-0.39, 0.29) is 10.5 Å². The Hall–Kier alpha value is -1.91. The molecule has 0 aliphatic heterocycles. The van der Waals surface area contributed by atoms with Gasteiger partial charge in [-0.15, -0.1) is 0 Å². The molecule has 0 radical (unpaired) electrons. The molecular formula is C11H13N3O3S. The number of nitriles is 1. The van der Waals surface area contributed by atoms with Crippen molar-refractivity contribution < 1.29 is 13.2 Å². The summed E-state index contributed by atoms with van der Waals surface area (Å²) in [6, 6.07) is 6.69. The van der Waals surface area contributed by atoms with Crippen molar-refractivity contribution in [2.75, 3.05) is 7.05 Å². The van der Waals surface area contributed by atoms with Gasteiger partial charge in [0.1, 0.15) is 6.07 Å². The molecule has 0 bridgehead atoms. The Bertz CT molecular complexity index is 590. The number of nitrogens with zero attached hydrogens (tertiary/aromatic N) is 1. The van der Waals surface area contributed by atoms with Crippen molar-refractivity contribution in [3.63, 3.8) is 0 Å². The minimum Gasteiger partial charge on any atom is -0.358 e. The van der Waals surface area contributed by atoms with Gasteiger partial charge in [-0.3, -0.25) is 4.79 Å². The molecule has 1 amide bonds. The quantitative estimate of drug-likeness (QED) is 0.800. The molecule has 0 saturated carbocycles. The molecule has 0 aliphatic rings. The Balaban J connectivity index is 3.08. The van der Waals surface area contributed by atoms with Crippen molar-refractivity contribution in [3.05, 3.63) is 29.8 Å². The first-order valence-corrected chi connectivity index (χ1v) is 6.63. The van der Waals surface area contributed by atoms with E-state index >= 15 is 0 Å². The van der Waals surface area contributed by atoms with Gasteiger partial charge in [-0.25, -0.2) is 8.42 Å². The van der Waals surface area contributed by atoms with Crippen LogP contribution in [0.1, 0.15) is 12.5 Å². The molecule has 2 N–H and O–H groups in total. The summed E-state index contributed by atoms with van der Waals surface area (Å²) in [5.41, 5.74) is 0.0362. The van der Waals surface area contributed by atoms with E-state index in [1.807, 2.05) is 0 Å². The highest BCUT2D eigenvalue weighted by molar-refractivity contribution is 7.89. The Labute approximate surface area is 106 Å². The van der Waals surface area contributed by atoms with E-state index in [0.29, 0.717) is 0 Å². The van der Waals surface area contributed by atoms with Crippen LogP contribution in [0.4, 0.5) is 0 Å². The predicted molar refractivity (Wildman–Crippen MR) is 65.0 cm³/mol. The fourth-order valence-electron chi connectivity index (χ4n) is 1.36. The molecule has 7 heteroatoms. The zero-order valence-corrected chi connectivity index (χ0v) is 10.8. The van der Waals surface area contributed by atoms with Crippen LogP contribution in [0.2, 0.25) is 0 Å². The molecule has 1 aromatic rings. The van der Waals surface area contributed by atoms with Crippen LogP contribution in [0.15, 0.2) is 29.2 Å². The minimum atomic E-state index is -3.89. The molecule has 0 saturated heterocycles. The van der Waals surface area contributed by atoms with E-state index in [1.54, 1.807) is 12.1 Å². The Morgan fingerprint density at radius 3 is 2.56 bits per heavy atom. The largest absolute Gasteiger partial charge is 0.358 e. The predicted octanol–water partition coefficient (Wildman–Crippen LogP) is -0.0289. The Morgan fingerprint density at radius 2 is 2.00 bits per heavy atom. The van der Waals surface area contributed by atoms with Crippen LogP contribution < -0.4 is 10.0 Å². The van der Waals surface area contributed by atoms with Gasteiger partial charge in [0, 0.05) is 7.05 Å². The molecule has 96 valence electrons. The SMILES string of the molecule is CNC(=O)C(C)NS(=O)(=O)c1ccccc1C#N. The maximum absolute atomic E-state index is 12.0. The van der Waals surface area contributed by atoms with E-state index in [2.05, 4.69) is 10.0 Å². The second-order valence-electron chi connectivity index (χ2n) is 3.57. The summed E-state index contributed by atoms with van der Waals surface area (Å²) >= 11 is 0. The molecule has 6 nitrogen and oxygen atoms in total. The standard InChI is InChI=1S/C11H13N3O3S/c1-8(11(15)13-2)14-18(16,17)10-6-4-3-5-9(10)7-12/h3-6,8,14H,1-2H3,(H,13,15). The van der Waals surface area contributed by atoms with Crippen LogP contribution in [0, 0.1) is 11.3 Å². The van der Waals surface area contributed by atoms with Gasteiger partial charge in [-0.1, -0.05) is 12.1 Å². The van der Waals surface area contributed by atoms with Gasteiger partial charge in [0.2, 0.25) is 15.9 Å². The number of amides is 1. The van der Waals surface area contributed by atoms with Crippen LogP contribution in [0.3, 0.4) is 0 Å². The normalized spacial score (nSPS) is 12.5. The smallest absolute Gasteiger partial charge is 0.242 e. The molecule has 0 heterocycles. The second-order valence-corrected chi connectivity index (χ2v) is 5.25. The summed E-state index contributed by atoms with van der Waals surface area (Å²) < 4.78 is 26.2. The van der Waals surface area contributed by atoms with E-state index in [0.717, 1.165) is 0 Å². The zero-order valence-electron chi connectivity index (χ0n) is 9.97. The first-order chi connectivity index (χ1) is 8.42. The maximum atomic E-state index is 12.0. The summed E-state index contributed by atoms with van der Waals surface area (Å²) in [6.07, 6.45) is 0. The third kappa shape index (κ3) is 3.06. The first-order valence-electron chi connectivity index (χ1n) is 5.15. The molecule has 1 unspecified atom stereocenters. The number of sulfonamides is 1. The lowest BCUT2D eigenvalue weighted by atomic mass is 10.2. The number of carbonyl (C=O) groups excluding carboxylic acids is 1. The summed E-state index contributed by atoms with van der Waals surface area (Å²) in [7, 11) is -2.48.